The summed E-state index contributed by atoms with van der Waals surface area (Å²) in [7, 11) is 0. The van der Waals surface area contributed by atoms with Gasteiger partial charge in [-0.2, -0.15) is 0 Å². The summed E-state index contributed by atoms with van der Waals surface area (Å²) in [6.45, 7) is 3.88. The molecule has 22 heavy (non-hydrogen) atoms. The summed E-state index contributed by atoms with van der Waals surface area (Å²) in [4.78, 5) is 28.0. The third-order valence-electron chi connectivity index (χ3n) is 4.72. The molecule has 2 aliphatic rings. The van der Waals surface area contributed by atoms with Crippen LogP contribution >= 0.6 is 0 Å². The number of hydrogen-bond donors (Lipinski definition) is 1. The summed E-state index contributed by atoms with van der Waals surface area (Å²) in [5.74, 6) is 0.623. The molecule has 1 N–H and O–H groups in total. The van der Waals surface area contributed by atoms with Gasteiger partial charge in [0.25, 0.3) is 0 Å². The first-order chi connectivity index (χ1) is 10.5. The van der Waals surface area contributed by atoms with Gasteiger partial charge in [-0.1, -0.05) is 6.92 Å². The lowest BCUT2D eigenvalue weighted by Crippen LogP contribution is -2.48. The minimum Gasteiger partial charge on any atom is -0.467 e. The molecular formula is C16H22N2O4. The molecule has 0 aliphatic carbocycles. The van der Waals surface area contributed by atoms with Crippen LogP contribution < -0.4 is 0 Å². The third kappa shape index (κ3) is 3.02. The fourth-order valence-corrected chi connectivity index (χ4v) is 3.19. The van der Waals surface area contributed by atoms with Crippen LogP contribution in [-0.2, 0) is 16.1 Å². The first-order valence-corrected chi connectivity index (χ1v) is 7.81. The molecule has 0 aromatic carbocycles. The lowest BCUT2D eigenvalue weighted by atomic mass is 9.94. The van der Waals surface area contributed by atoms with Crippen molar-refractivity contribution in [3.8, 4) is 0 Å². The molecule has 3 atom stereocenters. The van der Waals surface area contributed by atoms with E-state index in [2.05, 4.69) is 0 Å². The van der Waals surface area contributed by atoms with Crippen LogP contribution in [0.5, 0.6) is 0 Å². The van der Waals surface area contributed by atoms with E-state index in [0.717, 1.165) is 12.2 Å². The zero-order valence-corrected chi connectivity index (χ0v) is 12.8. The highest BCUT2D eigenvalue weighted by atomic mass is 16.3. The molecule has 6 heteroatoms. The zero-order chi connectivity index (χ0) is 15.7. The summed E-state index contributed by atoms with van der Waals surface area (Å²) in [6.07, 6.45) is 2.18. The van der Waals surface area contributed by atoms with Gasteiger partial charge in [0.2, 0.25) is 11.8 Å². The van der Waals surface area contributed by atoms with Gasteiger partial charge in [0.15, 0.2) is 0 Å². The number of likely N-dealkylation sites (tertiary alicyclic amines) is 2. The van der Waals surface area contributed by atoms with Crippen molar-refractivity contribution in [3.05, 3.63) is 24.2 Å². The van der Waals surface area contributed by atoms with E-state index in [-0.39, 0.29) is 30.1 Å². The minimum absolute atomic E-state index is 0.0127. The highest BCUT2D eigenvalue weighted by molar-refractivity contribution is 5.89. The number of aliphatic hydroxyl groups is 1. The zero-order valence-electron chi connectivity index (χ0n) is 12.8. The Bertz CT molecular complexity index is 542. The van der Waals surface area contributed by atoms with E-state index in [9.17, 15) is 14.7 Å². The van der Waals surface area contributed by atoms with Gasteiger partial charge in [0, 0.05) is 26.1 Å². The molecular weight excluding hydrogens is 284 g/mol. The molecule has 3 unspecified atom stereocenters. The molecule has 2 fully saturated rings. The number of piperidine rings is 1. The summed E-state index contributed by atoms with van der Waals surface area (Å²) in [5, 5.41) is 9.93. The quantitative estimate of drug-likeness (QED) is 0.899. The van der Waals surface area contributed by atoms with E-state index in [1.807, 2.05) is 13.0 Å². The van der Waals surface area contributed by atoms with Crippen molar-refractivity contribution in [2.24, 2.45) is 11.8 Å². The number of rotatable bonds is 3. The number of carbonyl (C=O) groups is 2. The molecule has 2 aliphatic heterocycles. The second-order valence-electron chi connectivity index (χ2n) is 6.37. The minimum atomic E-state index is -0.464. The Hall–Kier alpha value is -1.82. The van der Waals surface area contributed by atoms with Crippen molar-refractivity contribution >= 4 is 11.8 Å². The van der Waals surface area contributed by atoms with E-state index < -0.39 is 6.10 Å². The van der Waals surface area contributed by atoms with E-state index in [1.165, 1.54) is 0 Å². The van der Waals surface area contributed by atoms with E-state index in [4.69, 9.17) is 4.42 Å². The number of hydrogen-bond acceptors (Lipinski definition) is 4. The summed E-state index contributed by atoms with van der Waals surface area (Å²) in [5.41, 5.74) is 0. The number of nitrogens with zero attached hydrogens (tertiary/aromatic N) is 2. The van der Waals surface area contributed by atoms with Gasteiger partial charge in [0.05, 0.1) is 24.8 Å². The fourth-order valence-electron chi connectivity index (χ4n) is 3.19. The van der Waals surface area contributed by atoms with Crippen LogP contribution in [0.15, 0.2) is 22.8 Å². The number of furan rings is 1. The highest BCUT2D eigenvalue weighted by Gasteiger charge is 2.38. The van der Waals surface area contributed by atoms with Crippen LogP contribution in [-0.4, -0.2) is 52.5 Å². The van der Waals surface area contributed by atoms with Gasteiger partial charge in [-0.05, 0) is 24.5 Å². The van der Waals surface area contributed by atoms with Gasteiger partial charge < -0.3 is 19.3 Å². The van der Waals surface area contributed by atoms with Crippen LogP contribution in [0.2, 0.25) is 0 Å². The monoisotopic (exact) mass is 306 g/mol. The Labute approximate surface area is 129 Å². The van der Waals surface area contributed by atoms with Gasteiger partial charge in [0.1, 0.15) is 5.76 Å². The molecule has 2 amide bonds. The Kier molecular flexibility index (Phi) is 4.20. The Morgan fingerprint density at radius 1 is 1.45 bits per heavy atom. The molecule has 120 valence electrons. The molecule has 0 spiro atoms. The number of aliphatic hydroxyl groups excluding tert-OH is 1. The van der Waals surface area contributed by atoms with Crippen LogP contribution in [0.4, 0.5) is 0 Å². The molecule has 0 saturated carbocycles. The van der Waals surface area contributed by atoms with E-state index in [1.54, 1.807) is 22.1 Å². The third-order valence-corrected chi connectivity index (χ3v) is 4.72. The second kappa shape index (κ2) is 6.12. The molecule has 6 nitrogen and oxygen atoms in total. The molecule has 1 aromatic heterocycles. The van der Waals surface area contributed by atoms with Crippen molar-refractivity contribution < 1.29 is 19.1 Å². The van der Waals surface area contributed by atoms with Crippen LogP contribution in [0.3, 0.4) is 0 Å². The maximum Gasteiger partial charge on any atom is 0.228 e. The summed E-state index contributed by atoms with van der Waals surface area (Å²) in [6, 6.07) is 3.61. The molecule has 3 rings (SSSR count). The second-order valence-corrected chi connectivity index (χ2v) is 6.37. The first-order valence-electron chi connectivity index (χ1n) is 7.81. The lowest BCUT2D eigenvalue weighted by molar-refractivity contribution is -0.139. The average Bonchev–Trinajstić information content (AvgIpc) is 3.12. The average molecular weight is 306 g/mol. The van der Waals surface area contributed by atoms with Gasteiger partial charge in [-0.3, -0.25) is 9.59 Å². The maximum atomic E-state index is 12.6. The predicted octanol–water partition coefficient (Wildman–Crippen LogP) is 0.857. The van der Waals surface area contributed by atoms with Crippen molar-refractivity contribution in [2.75, 3.05) is 19.6 Å². The first kappa shape index (κ1) is 15.1. The topological polar surface area (TPSA) is 74.0 Å². The standard InChI is InChI=1S/C16H22N2O4/c1-11-4-5-17(10-14(11)19)16(21)12-7-15(20)18(8-12)9-13-3-2-6-22-13/h2-3,6,11-12,14,19H,4-5,7-10H2,1H3. The summed E-state index contributed by atoms with van der Waals surface area (Å²) < 4.78 is 5.26. The van der Waals surface area contributed by atoms with Gasteiger partial charge in [-0.15, -0.1) is 0 Å². The lowest BCUT2D eigenvalue weighted by Gasteiger charge is -2.35. The van der Waals surface area contributed by atoms with E-state index >= 15 is 0 Å². The van der Waals surface area contributed by atoms with Crippen LogP contribution in [0, 0.1) is 11.8 Å². The van der Waals surface area contributed by atoms with Crippen LogP contribution in [0.25, 0.3) is 0 Å². The van der Waals surface area contributed by atoms with Gasteiger partial charge >= 0.3 is 0 Å². The molecule has 1 aromatic rings. The number of β-amino-alcohol motifs (C(OH)–C–C–N with tert-alkyl or cyclic N) is 1. The summed E-state index contributed by atoms with van der Waals surface area (Å²) >= 11 is 0. The normalized spacial score (nSPS) is 29.2. The Morgan fingerprint density at radius 2 is 2.27 bits per heavy atom. The predicted molar refractivity (Wildman–Crippen MR) is 78.6 cm³/mol. The van der Waals surface area contributed by atoms with Crippen molar-refractivity contribution in [1.29, 1.82) is 0 Å². The van der Waals surface area contributed by atoms with E-state index in [0.29, 0.717) is 26.2 Å². The Balaban J connectivity index is 1.59. The van der Waals surface area contributed by atoms with Crippen molar-refractivity contribution in [1.82, 2.24) is 9.80 Å². The Morgan fingerprint density at radius 3 is 2.95 bits per heavy atom. The molecule has 0 bridgehead atoms. The smallest absolute Gasteiger partial charge is 0.228 e. The maximum absolute atomic E-state index is 12.6. The molecule has 3 heterocycles. The molecule has 2 saturated heterocycles. The number of amides is 2. The van der Waals surface area contributed by atoms with Crippen molar-refractivity contribution in [2.45, 2.75) is 32.4 Å². The highest BCUT2D eigenvalue weighted by Crippen LogP contribution is 2.25. The largest absolute Gasteiger partial charge is 0.467 e. The SMILES string of the molecule is CC1CCN(C(=O)C2CC(=O)N(Cc3ccco3)C2)CC1O. The van der Waals surface area contributed by atoms with Crippen molar-refractivity contribution in [3.63, 3.8) is 0 Å². The molecule has 0 radical (unpaired) electrons. The number of carbonyl (C=O) groups excluding carboxylic acids is 2. The van der Waals surface area contributed by atoms with Gasteiger partial charge in [-0.25, -0.2) is 0 Å². The van der Waals surface area contributed by atoms with Crippen LogP contribution in [0.1, 0.15) is 25.5 Å². The fraction of sp³-hybridized carbons (Fsp3) is 0.625.